The second kappa shape index (κ2) is 11.8. The number of benzene rings is 3. The van der Waals surface area contributed by atoms with Crippen molar-refractivity contribution < 1.29 is 18.0 Å². The molecular weight excluding hydrogens is 511 g/mol. The van der Waals surface area contributed by atoms with Crippen LogP contribution in [0.2, 0.25) is 0 Å². The number of halogens is 3. The van der Waals surface area contributed by atoms with Crippen molar-refractivity contribution in [2.24, 2.45) is 0 Å². The molecule has 1 amide bonds. The van der Waals surface area contributed by atoms with E-state index >= 15 is 0 Å². The molecule has 0 saturated carbocycles. The van der Waals surface area contributed by atoms with Crippen molar-refractivity contribution in [3.05, 3.63) is 143 Å². The predicted octanol–water partition coefficient (Wildman–Crippen LogP) is 7.46. The largest absolute Gasteiger partial charge is 0.416 e. The lowest BCUT2D eigenvalue weighted by Gasteiger charge is -2.26. The maximum Gasteiger partial charge on any atom is 0.416 e. The highest BCUT2D eigenvalue weighted by Crippen LogP contribution is 2.35. The molecule has 1 atom stereocenters. The molecule has 204 valence electrons. The van der Waals surface area contributed by atoms with Crippen LogP contribution in [0, 0.1) is 6.92 Å². The number of aryl methyl sites for hydroxylation is 1. The number of alkyl halides is 3. The van der Waals surface area contributed by atoms with E-state index in [0.29, 0.717) is 36.4 Å². The summed E-state index contributed by atoms with van der Waals surface area (Å²) in [5, 5.41) is 0. The molecule has 40 heavy (non-hydrogen) atoms. The van der Waals surface area contributed by atoms with Crippen LogP contribution in [0.1, 0.15) is 45.8 Å². The number of carbonyl (C=O) groups is 1. The lowest BCUT2D eigenvalue weighted by atomic mass is 9.90. The third kappa shape index (κ3) is 6.25. The number of imidazole rings is 1. The van der Waals surface area contributed by atoms with E-state index in [1.165, 1.54) is 6.07 Å². The monoisotopic (exact) mass is 541 g/mol. The molecule has 2 aromatic heterocycles. The van der Waals surface area contributed by atoms with Crippen LogP contribution in [0.4, 0.5) is 13.2 Å². The molecular formula is C33H30F3N3O. The highest BCUT2D eigenvalue weighted by Gasteiger charge is 2.32. The van der Waals surface area contributed by atoms with Crippen LogP contribution in [0.15, 0.2) is 109 Å². The van der Waals surface area contributed by atoms with E-state index in [9.17, 15) is 18.0 Å². The molecule has 0 N–H and O–H groups in total. The molecule has 5 aromatic rings. The topological polar surface area (TPSA) is 37.6 Å². The van der Waals surface area contributed by atoms with Gasteiger partial charge in [0.15, 0.2) is 0 Å². The fourth-order valence-electron chi connectivity index (χ4n) is 5.06. The molecule has 0 bridgehead atoms. The van der Waals surface area contributed by atoms with Gasteiger partial charge in [0.25, 0.3) is 0 Å². The number of rotatable bonds is 9. The van der Waals surface area contributed by atoms with Crippen molar-refractivity contribution in [1.82, 2.24) is 14.3 Å². The van der Waals surface area contributed by atoms with Crippen molar-refractivity contribution in [3.63, 3.8) is 0 Å². The zero-order chi connectivity index (χ0) is 28.1. The molecule has 0 spiro atoms. The molecule has 0 aliphatic rings. The average Bonchev–Trinajstić information content (AvgIpc) is 3.40. The Labute approximate surface area is 231 Å². The van der Waals surface area contributed by atoms with Gasteiger partial charge < -0.3 is 9.30 Å². The zero-order valence-electron chi connectivity index (χ0n) is 22.2. The van der Waals surface area contributed by atoms with Crippen LogP contribution in [-0.4, -0.2) is 26.7 Å². The van der Waals surface area contributed by atoms with Crippen molar-refractivity contribution in [2.45, 2.75) is 38.4 Å². The van der Waals surface area contributed by atoms with Crippen LogP contribution in [0.3, 0.4) is 0 Å². The summed E-state index contributed by atoms with van der Waals surface area (Å²) in [4.78, 5) is 20.4. The Balaban J connectivity index is 1.51. The maximum atomic E-state index is 14.0. The van der Waals surface area contributed by atoms with E-state index in [1.54, 1.807) is 17.2 Å². The van der Waals surface area contributed by atoms with Gasteiger partial charge in [0.1, 0.15) is 5.65 Å². The third-order valence-electron chi connectivity index (χ3n) is 7.19. The molecule has 7 heteroatoms. The van der Waals surface area contributed by atoms with Gasteiger partial charge in [0.2, 0.25) is 5.91 Å². The lowest BCUT2D eigenvalue weighted by Crippen LogP contribution is -2.33. The number of hydrogen-bond acceptors (Lipinski definition) is 2. The standard InChI is InChI=1S/C33H30F3N3O/c1-24-10-9-18-39-30(22-37-32(24)39)29(27-15-8-16-28(20-27)33(34,35)36)21-31(40)38(23-26-13-6-3-7-14-26)19-17-25-11-4-2-5-12-25/h2-16,18,20,22,29H,17,19,21,23H2,1H3. The second-order valence-electron chi connectivity index (χ2n) is 9.98. The normalized spacial score (nSPS) is 12.4. The number of fused-ring (bicyclic) bond motifs is 1. The lowest BCUT2D eigenvalue weighted by molar-refractivity contribution is -0.137. The van der Waals surface area contributed by atoms with Gasteiger partial charge in [0.05, 0.1) is 11.3 Å². The molecule has 4 nitrogen and oxygen atoms in total. The van der Waals surface area contributed by atoms with E-state index in [1.807, 2.05) is 90.3 Å². The van der Waals surface area contributed by atoms with Gasteiger partial charge in [-0.1, -0.05) is 84.9 Å². The zero-order valence-corrected chi connectivity index (χ0v) is 22.2. The predicted molar refractivity (Wildman–Crippen MR) is 150 cm³/mol. The fraction of sp³-hybridized carbons (Fsp3) is 0.212. The van der Waals surface area contributed by atoms with Gasteiger partial charge in [-0.15, -0.1) is 0 Å². The molecule has 1 unspecified atom stereocenters. The Kier molecular flexibility index (Phi) is 8.01. The first-order valence-electron chi connectivity index (χ1n) is 13.2. The van der Waals surface area contributed by atoms with Gasteiger partial charge >= 0.3 is 6.18 Å². The summed E-state index contributed by atoms with van der Waals surface area (Å²) in [6, 6.07) is 28.8. The molecule has 0 radical (unpaired) electrons. The first kappa shape index (κ1) is 27.2. The van der Waals surface area contributed by atoms with E-state index in [4.69, 9.17) is 0 Å². The highest BCUT2D eigenvalue weighted by molar-refractivity contribution is 5.78. The third-order valence-corrected chi connectivity index (χ3v) is 7.19. The summed E-state index contributed by atoms with van der Waals surface area (Å²) in [6.07, 6.45) is -0.304. The Morgan fingerprint density at radius 2 is 1.60 bits per heavy atom. The van der Waals surface area contributed by atoms with Gasteiger partial charge in [0, 0.05) is 37.8 Å². The Morgan fingerprint density at radius 3 is 2.30 bits per heavy atom. The quantitative estimate of drug-likeness (QED) is 0.194. The van der Waals surface area contributed by atoms with E-state index in [0.717, 1.165) is 28.8 Å². The van der Waals surface area contributed by atoms with Crippen LogP contribution < -0.4 is 0 Å². The number of hydrogen-bond donors (Lipinski definition) is 0. The number of aromatic nitrogens is 2. The first-order chi connectivity index (χ1) is 19.3. The Bertz CT molecular complexity index is 1580. The SMILES string of the molecule is Cc1cccn2c(C(CC(=O)N(CCc3ccccc3)Cc3ccccc3)c3cccc(C(F)(F)F)c3)cnc12. The molecule has 0 fully saturated rings. The fourth-order valence-corrected chi connectivity index (χ4v) is 5.06. The van der Waals surface area contributed by atoms with Gasteiger partial charge in [-0.05, 0) is 47.7 Å². The smallest absolute Gasteiger partial charge is 0.338 e. The number of pyridine rings is 1. The second-order valence-corrected chi connectivity index (χ2v) is 9.98. The van der Waals surface area contributed by atoms with Crippen molar-refractivity contribution in [3.8, 4) is 0 Å². The van der Waals surface area contributed by atoms with Gasteiger partial charge in [-0.2, -0.15) is 13.2 Å². The summed E-state index contributed by atoms with van der Waals surface area (Å²) in [6.45, 7) is 2.83. The molecule has 3 aromatic carbocycles. The summed E-state index contributed by atoms with van der Waals surface area (Å²) in [7, 11) is 0. The van der Waals surface area contributed by atoms with Gasteiger partial charge in [-0.3, -0.25) is 4.79 Å². The van der Waals surface area contributed by atoms with E-state index < -0.39 is 17.7 Å². The molecule has 5 rings (SSSR count). The molecule has 0 aliphatic heterocycles. The van der Waals surface area contributed by atoms with Crippen LogP contribution in [-0.2, 0) is 23.9 Å². The summed E-state index contributed by atoms with van der Waals surface area (Å²) < 4.78 is 42.9. The van der Waals surface area contributed by atoms with Crippen LogP contribution in [0.5, 0.6) is 0 Å². The highest BCUT2D eigenvalue weighted by atomic mass is 19.4. The number of amides is 1. The van der Waals surface area contributed by atoms with E-state index in [-0.39, 0.29) is 12.3 Å². The van der Waals surface area contributed by atoms with Gasteiger partial charge in [-0.25, -0.2) is 4.98 Å². The maximum absolute atomic E-state index is 14.0. The number of nitrogens with zero attached hydrogens (tertiary/aromatic N) is 3. The van der Waals surface area contributed by atoms with Crippen molar-refractivity contribution in [1.29, 1.82) is 0 Å². The van der Waals surface area contributed by atoms with Crippen LogP contribution in [0.25, 0.3) is 5.65 Å². The Morgan fingerprint density at radius 1 is 0.900 bits per heavy atom. The van der Waals surface area contributed by atoms with Crippen molar-refractivity contribution in [2.75, 3.05) is 6.54 Å². The minimum Gasteiger partial charge on any atom is -0.338 e. The minimum atomic E-state index is -4.49. The number of carbonyl (C=O) groups excluding carboxylic acids is 1. The average molecular weight is 542 g/mol. The van der Waals surface area contributed by atoms with Crippen molar-refractivity contribution >= 4 is 11.6 Å². The molecule has 0 saturated heterocycles. The summed E-state index contributed by atoms with van der Waals surface area (Å²) >= 11 is 0. The summed E-state index contributed by atoms with van der Waals surface area (Å²) in [5.74, 6) is -0.758. The minimum absolute atomic E-state index is 0.00463. The first-order valence-corrected chi connectivity index (χ1v) is 13.2. The van der Waals surface area contributed by atoms with E-state index in [2.05, 4.69) is 4.98 Å². The summed E-state index contributed by atoms with van der Waals surface area (Å²) in [5.41, 5.74) is 4.12. The molecule has 2 heterocycles. The molecule has 0 aliphatic carbocycles. The Hall–Kier alpha value is -4.39. The van der Waals surface area contributed by atoms with Crippen LogP contribution >= 0.6 is 0 Å².